The predicted molar refractivity (Wildman–Crippen MR) is 115 cm³/mol. The zero-order chi connectivity index (χ0) is 22.9. The third-order valence-electron chi connectivity index (χ3n) is 7.17. The van der Waals surface area contributed by atoms with Crippen molar-refractivity contribution in [2.75, 3.05) is 13.1 Å². The molecule has 1 aliphatic carbocycles. The minimum absolute atomic E-state index is 0.0829. The van der Waals surface area contributed by atoms with Gasteiger partial charge in [0, 0.05) is 37.5 Å². The summed E-state index contributed by atoms with van der Waals surface area (Å²) in [4.78, 5) is 55.4. The number of hydrogen-bond donors (Lipinski definition) is 1. The van der Waals surface area contributed by atoms with E-state index in [0.29, 0.717) is 19.5 Å². The van der Waals surface area contributed by atoms with E-state index in [1.807, 2.05) is 6.92 Å². The van der Waals surface area contributed by atoms with Gasteiger partial charge in [0.2, 0.25) is 23.6 Å². The molecule has 1 aromatic rings. The molecule has 2 heterocycles. The SMILES string of the molecule is CC[C@@H]1C(=O)NCCN1C(=O)C[C@]1(c2ccccc2F)CC(=O)N(C2CCCCC2)C1=O. The van der Waals surface area contributed by atoms with Crippen LogP contribution in [0.3, 0.4) is 0 Å². The largest absolute Gasteiger partial charge is 0.353 e. The van der Waals surface area contributed by atoms with Gasteiger partial charge in [-0.2, -0.15) is 0 Å². The van der Waals surface area contributed by atoms with E-state index in [2.05, 4.69) is 5.32 Å². The van der Waals surface area contributed by atoms with Crippen LogP contribution < -0.4 is 5.32 Å². The Morgan fingerprint density at radius 2 is 1.88 bits per heavy atom. The highest BCUT2D eigenvalue weighted by atomic mass is 19.1. The maximum Gasteiger partial charge on any atom is 0.242 e. The number of nitrogens with one attached hydrogen (secondary N) is 1. The Labute approximate surface area is 187 Å². The summed E-state index contributed by atoms with van der Waals surface area (Å²) in [5.74, 6) is -2.06. The molecular weight excluding hydrogens is 413 g/mol. The summed E-state index contributed by atoms with van der Waals surface area (Å²) < 4.78 is 15.0. The summed E-state index contributed by atoms with van der Waals surface area (Å²) in [6, 6.07) is 5.07. The molecule has 2 atom stereocenters. The average Bonchev–Trinajstić information content (AvgIpc) is 3.04. The number of benzene rings is 1. The van der Waals surface area contributed by atoms with Crippen LogP contribution in [0.25, 0.3) is 0 Å². The fourth-order valence-corrected chi connectivity index (χ4v) is 5.54. The number of rotatable bonds is 5. The Morgan fingerprint density at radius 1 is 1.16 bits per heavy atom. The van der Waals surface area contributed by atoms with E-state index >= 15 is 0 Å². The smallest absolute Gasteiger partial charge is 0.242 e. The highest BCUT2D eigenvalue weighted by molar-refractivity contribution is 6.11. The van der Waals surface area contributed by atoms with Gasteiger partial charge >= 0.3 is 0 Å². The quantitative estimate of drug-likeness (QED) is 0.708. The van der Waals surface area contributed by atoms with Crippen molar-refractivity contribution >= 4 is 23.6 Å². The number of halogens is 1. The Balaban J connectivity index is 1.71. The van der Waals surface area contributed by atoms with E-state index in [-0.39, 0.29) is 36.3 Å². The number of carbonyl (C=O) groups is 4. The molecule has 32 heavy (non-hydrogen) atoms. The van der Waals surface area contributed by atoms with E-state index in [9.17, 15) is 23.6 Å². The monoisotopic (exact) mass is 443 g/mol. The summed E-state index contributed by atoms with van der Waals surface area (Å²) in [7, 11) is 0. The van der Waals surface area contributed by atoms with Crippen molar-refractivity contribution in [2.24, 2.45) is 0 Å². The number of nitrogens with zero attached hydrogens (tertiary/aromatic N) is 2. The lowest BCUT2D eigenvalue weighted by Gasteiger charge is -2.37. The summed E-state index contributed by atoms with van der Waals surface area (Å²) in [5.41, 5.74) is -1.50. The normalized spacial score (nSPS) is 27.1. The predicted octanol–water partition coefficient (Wildman–Crippen LogP) is 2.28. The van der Waals surface area contributed by atoms with Crippen LogP contribution >= 0.6 is 0 Å². The standard InChI is InChI=1S/C24H30FN3O4/c1-2-19-22(31)26-12-13-27(19)20(29)14-24(17-10-6-7-11-18(17)25)15-21(30)28(23(24)32)16-8-4-3-5-9-16/h6-7,10-11,16,19H,2-5,8-9,12-15H2,1H3,(H,26,31)/t19-,24-/m1/s1. The number of imide groups is 1. The second-order valence-corrected chi connectivity index (χ2v) is 9.08. The van der Waals surface area contributed by atoms with Crippen molar-refractivity contribution in [1.29, 1.82) is 0 Å². The first-order chi connectivity index (χ1) is 15.4. The van der Waals surface area contributed by atoms with Crippen LogP contribution in [0.15, 0.2) is 24.3 Å². The molecule has 2 saturated heterocycles. The maximum absolute atomic E-state index is 15.0. The van der Waals surface area contributed by atoms with Crippen LogP contribution in [-0.4, -0.2) is 58.6 Å². The zero-order valence-corrected chi connectivity index (χ0v) is 18.4. The van der Waals surface area contributed by atoms with Gasteiger partial charge in [0.1, 0.15) is 11.9 Å². The third-order valence-corrected chi connectivity index (χ3v) is 7.17. The van der Waals surface area contributed by atoms with Gasteiger partial charge in [0.05, 0.1) is 5.41 Å². The van der Waals surface area contributed by atoms with Gasteiger partial charge in [-0.3, -0.25) is 24.1 Å². The van der Waals surface area contributed by atoms with Crippen LogP contribution in [0.1, 0.15) is 63.9 Å². The number of piperazine rings is 1. The topological polar surface area (TPSA) is 86.8 Å². The molecule has 0 bridgehead atoms. The third kappa shape index (κ3) is 3.80. The van der Waals surface area contributed by atoms with E-state index in [1.54, 1.807) is 6.07 Å². The Kier molecular flexibility index (Phi) is 6.31. The minimum Gasteiger partial charge on any atom is -0.353 e. The zero-order valence-electron chi connectivity index (χ0n) is 18.4. The van der Waals surface area contributed by atoms with Crippen LogP contribution in [0.4, 0.5) is 4.39 Å². The average molecular weight is 444 g/mol. The van der Waals surface area contributed by atoms with Gasteiger partial charge in [-0.1, -0.05) is 44.4 Å². The van der Waals surface area contributed by atoms with Crippen molar-refractivity contribution in [3.8, 4) is 0 Å². The summed E-state index contributed by atoms with van der Waals surface area (Å²) >= 11 is 0. The molecule has 7 nitrogen and oxygen atoms in total. The first-order valence-electron chi connectivity index (χ1n) is 11.6. The highest BCUT2D eigenvalue weighted by Gasteiger charge is 2.57. The van der Waals surface area contributed by atoms with E-state index in [0.717, 1.165) is 32.1 Å². The lowest BCUT2D eigenvalue weighted by Crippen LogP contribution is -2.58. The van der Waals surface area contributed by atoms with Gasteiger partial charge in [0.25, 0.3) is 0 Å². The molecule has 2 aliphatic heterocycles. The van der Waals surface area contributed by atoms with Gasteiger partial charge in [-0.15, -0.1) is 0 Å². The van der Waals surface area contributed by atoms with Crippen molar-refractivity contribution < 1.29 is 23.6 Å². The van der Waals surface area contributed by atoms with Crippen molar-refractivity contribution in [3.63, 3.8) is 0 Å². The molecule has 172 valence electrons. The van der Waals surface area contributed by atoms with Crippen LogP contribution in [0.5, 0.6) is 0 Å². The molecule has 0 aromatic heterocycles. The van der Waals surface area contributed by atoms with Gasteiger partial charge in [-0.25, -0.2) is 4.39 Å². The van der Waals surface area contributed by atoms with Crippen molar-refractivity contribution in [2.45, 2.75) is 75.8 Å². The van der Waals surface area contributed by atoms with Crippen molar-refractivity contribution in [3.05, 3.63) is 35.6 Å². The van der Waals surface area contributed by atoms with Crippen LogP contribution in [0.2, 0.25) is 0 Å². The van der Waals surface area contributed by atoms with E-state index in [4.69, 9.17) is 0 Å². The first-order valence-corrected chi connectivity index (χ1v) is 11.6. The highest BCUT2D eigenvalue weighted by Crippen LogP contribution is 2.43. The molecule has 4 rings (SSSR count). The molecule has 4 amide bonds. The Bertz CT molecular complexity index is 930. The van der Waals surface area contributed by atoms with E-state index in [1.165, 1.54) is 28.0 Å². The molecule has 8 heteroatoms. The lowest BCUT2D eigenvalue weighted by molar-refractivity contribution is -0.148. The first kappa shape index (κ1) is 22.4. The molecule has 3 fully saturated rings. The van der Waals surface area contributed by atoms with Crippen LogP contribution in [0, 0.1) is 5.82 Å². The number of amides is 4. The maximum atomic E-state index is 15.0. The van der Waals surface area contributed by atoms with E-state index < -0.39 is 29.1 Å². The second-order valence-electron chi connectivity index (χ2n) is 9.08. The fourth-order valence-electron chi connectivity index (χ4n) is 5.54. The number of likely N-dealkylation sites (tertiary alicyclic amines) is 1. The fraction of sp³-hybridized carbons (Fsp3) is 0.583. The number of carbonyl (C=O) groups excluding carboxylic acids is 4. The second kappa shape index (κ2) is 9.00. The minimum atomic E-state index is -1.58. The Morgan fingerprint density at radius 3 is 2.56 bits per heavy atom. The molecule has 1 N–H and O–H groups in total. The molecule has 0 radical (unpaired) electrons. The lowest BCUT2D eigenvalue weighted by atomic mass is 9.75. The molecule has 0 unspecified atom stereocenters. The summed E-state index contributed by atoms with van der Waals surface area (Å²) in [6.07, 6.45) is 4.30. The summed E-state index contributed by atoms with van der Waals surface area (Å²) in [6.45, 7) is 2.47. The molecule has 1 aromatic carbocycles. The van der Waals surface area contributed by atoms with Crippen molar-refractivity contribution in [1.82, 2.24) is 15.1 Å². The van der Waals surface area contributed by atoms with Gasteiger partial charge < -0.3 is 10.2 Å². The van der Waals surface area contributed by atoms with Gasteiger partial charge in [-0.05, 0) is 25.3 Å². The molecule has 0 spiro atoms. The molecule has 3 aliphatic rings. The summed E-state index contributed by atoms with van der Waals surface area (Å²) in [5, 5.41) is 2.76. The number of hydrogen-bond acceptors (Lipinski definition) is 4. The molecule has 1 saturated carbocycles. The Hall–Kier alpha value is -2.77. The molecular formula is C24H30FN3O4. The van der Waals surface area contributed by atoms with Gasteiger partial charge in [0.15, 0.2) is 0 Å². The van der Waals surface area contributed by atoms with Crippen LogP contribution in [-0.2, 0) is 24.6 Å².